The molecule has 0 atom stereocenters. The van der Waals surface area contributed by atoms with Gasteiger partial charge in [-0.15, -0.1) is 0 Å². The molecule has 1 aliphatic heterocycles. The first-order valence-corrected chi connectivity index (χ1v) is 8.00. The Bertz CT molecular complexity index is 814. The summed E-state index contributed by atoms with van der Waals surface area (Å²) in [6.45, 7) is 0. The second-order valence-corrected chi connectivity index (χ2v) is 5.96. The summed E-state index contributed by atoms with van der Waals surface area (Å²) in [5.74, 6) is 0.852. The lowest BCUT2D eigenvalue weighted by Gasteiger charge is -2.15. The minimum Gasteiger partial charge on any atom is -0.497 e. The van der Waals surface area contributed by atoms with Gasteiger partial charge in [0.1, 0.15) is 11.5 Å². The number of carbonyl (C=O) groups is 2. The quantitative estimate of drug-likeness (QED) is 0.788. The molecular weight excluding hydrogens is 326 g/mol. The zero-order chi connectivity index (χ0) is 17.1. The maximum atomic E-state index is 12.6. The lowest BCUT2D eigenvalue weighted by molar-refractivity contribution is -0.113. The number of anilines is 1. The zero-order valence-electron chi connectivity index (χ0n) is 13.2. The van der Waals surface area contributed by atoms with Crippen molar-refractivity contribution in [2.45, 2.75) is 0 Å². The first-order valence-electron chi connectivity index (χ1n) is 7.19. The van der Waals surface area contributed by atoms with E-state index in [9.17, 15) is 9.59 Å². The monoisotopic (exact) mass is 341 g/mol. The van der Waals surface area contributed by atoms with Gasteiger partial charge in [0.15, 0.2) is 0 Å². The molecule has 2 amide bonds. The molecule has 0 radical (unpaired) electrons. The third-order valence-electron chi connectivity index (χ3n) is 3.53. The van der Waals surface area contributed by atoms with Crippen LogP contribution in [0, 0.1) is 0 Å². The lowest BCUT2D eigenvalue weighted by Crippen LogP contribution is -2.28. The summed E-state index contributed by atoms with van der Waals surface area (Å²) < 4.78 is 10.4. The first-order chi connectivity index (χ1) is 11.6. The highest BCUT2D eigenvalue weighted by atomic mass is 32.2. The van der Waals surface area contributed by atoms with Crippen molar-refractivity contribution in [3.8, 4) is 11.5 Å². The average Bonchev–Trinajstić information content (AvgIpc) is 2.89. The second kappa shape index (κ2) is 6.80. The van der Waals surface area contributed by atoms with Crippen LogP contribution in [0.25, 0.3) is 6.08 Å². The Hall–Kier alpha value is -2.73. The largest absolute Gasteiger partial charge is 0.497 e. The molecule has 6 heteroatoms. The van der Waals surface area contributed by atoms with Crippen LogP contribution in [0.15, 0.2) is 53.4 Å². The number of hydrogen-bond acceptors (Lipinski definition) is 5. The predicted octanol–water partition coefficient (Wildman–Crippen LogP) is 3.94. The van der Waals surface area contributed by atoms with Gasteiger partial charge in [-0.05, 0) is 47.7 Å². The van der Waals surface area contributed by atoms with Gasteiger partial charge in [-0.1, -0.05) is 24.3 Å². The number of carbonyl (C=O) groups excluding carboxylic acids is 2. The summed E-state index contributed by atoms with van der Waals surface area (Å²) in [7, 11) is 3.10. The van der Waals surface area contributed by atoms with Gasteiger partial charge in [-0.25, -0.2) is 4.90 Å². The molecule has 1 fully saturated rings. The number of ether oxygens (including phenoxy) is 2. The smallest absolute Gasteiger partial charge is 0.298 e. The predicted molar refractivity (Wildman–Crippen MR) is 94.4 cm³/mol. The van der Waals surface area contributed by atoms with E-state index in [1.54, 1.807) is 49.6 Å². The molecule has 1 heterocycles. The molecule has 1 aliphatic rings. The molecule has 122 valence electrons. The number of nitrogens with zero attached hydrogens (tertiary/aromatic N) is 1. The van der Waals surface area contributed by atoms with Crippen LogP contribution in [0.1, 0.15) is 5.56 Å². The molecule has 0 aliphatic carbocycles. The third kappa shape index (κ3) is 3.00. The van der Waals surface area contributed by atoms with Gasteiger partial charge in [-0.2, -0.15) is 0 Å². The first kappa shape index (κ1) is 16.1. The molecular formula is C18H15NO4S. The number of hydrogen-bond donors (Lipinski definition) is 0. The third-order valence-corrected chi connectivity index (χ3v) is 4.40. The fourth-order valence-corrected chi connectivity index (χ4v) is 3.18. The van der Waals surface area contributed by atoms with E-state index in [1.807, 2.05) is 12.1 Å². The van der Waals surface area contributed by atoms with Gasteiger partial charge in [-0.3, -0.25) is 9.59 Å². The number of imide groups is 1. The van der Waals surface area contributed by atoms with Crippen molar-refractivity contribution in [1.29, 1.82) is 0 Å². The molecule has 5 nitrogen and oxygen atoms in total. The normalized spacial score (nSPS) is 15.9. The molecule has 24 heavy (non-hydrogen) atoms. The van der Waals surface area contributed by atoms with Crippen LogP contribution in [0.4, 0.5) is 10.5 Å². The second-order valence-electron chi connectivity index (χ2n) is 4.96. The van der Waals surface area contributed by atoms with Crippen molar-refractivity contribution in [3.63, 3.8) is 0 Å². The van der Waals surface area contributed by atoms with E-state index < -0.39 is 0 Å². The molecule has 0 aromatic heterocycles. The van der Waals surface area contributed by atoms with Crippen LogP contribution in [-0.2, 0) is 4.79 Å². The van der Waals surface area contributed by atoms with Crippen LogP contribution < -0.4 is 14.4 Å². The van der Waals surface area contributed by atoms with Crippen molar-refractivity contribution in [3.05, 3.63) is 59.0 Å². The summed E-state index contributed by atoms with van der Waals surface area (Å²) in [5.41, 5.74) is 1.27. The molecule has 2 aromatic carbocycles. The van der Waals surface area contributed by atoms with E-state index in [1.165, 1.54) is 7.11 Å². The molecule has 0 saturated carbocycles. The van der Waals surface area contributed by atoms with Gasteiger partial charge >= 0.3 is 0 Å². The van der Waals surface area contributed by atoms with Crippen LogP contribution in [0.2, 0.25) is 0 Å². The number of methoxy groups -OCH3 is 2. The molecule has 3 rings (SSSR count). The van der Waals surface area contributed by atoms with E-state index in [4.69, 9.17) is 9.47 Å². The van der Waals surface area contributed by atoms with Crippen molar-refractivity contribution in [2.24, 2.45) is 0 Å². The van der Waals surface area contributed by atoms with E-state index in [0.717, 1.165) is 28.0 Å². The Morgan fingerprint density at radius 3 is 2.33 bits per heavy atom. The topological polar surface area (TPSA) is 55.8 Å². The number of benzene rings is 2. The van der Waals surface area contributed by atoms with E-state index in [-0.39, 0.29) is 11.1 Å². The Morgan fingerprint density at radius 2 is 1.67 bits per heavy atom. The van der Waals surface area contributed by atoms with Gasteiger partial charge in [0.2, 0.25) is 0 Å². The lowest BCUT2D eigenvalue weighted by atomic mass is 10.2. The van der Waals surface area contributed by atoms with Gasteiger partial charge in [0.05, 0.1) is 24.8 Å². The summed E-state index contributed by atoms with van der Waals surface area (Å²) in [5, 5.41) is -0.343. The number of para-hydroxylation sites is 2. The van der Waals surface area contributed by atoms with Gasteiger partial charge in [0, 0.05) is 0 Å². The van der Waals surface area contributed by atoms with Gasteiger partial charge < -0.3 is 9.47 Å². The fourth-order valence-electron chi connectivity index (χ4n) is 2.34. The summed E-state index contributed by atoms with van der Waals surface area (Å²) in [4.78, 5) is 26.5. The molecule has 0 unspecified atom stereocenters. The molecule has 1 saturated heterocycles. The maximum Gasteiger partial charge on any atom is 0.298 e. The Kier molecular flexibility index (Phi) is 4.57. The van der Waals surface area contributed by atoms with Crippen molar-refractivity contribution in [2.75, 3.05) is 19.1 Å². The van der Waals surface area contributed by atoms with Crippen LogP contribution in [0.3, 0.4) is 0 Å². The van der Waals surface area contributed by atoms with Crippen LogP contribution >= 0.6 is 11.8 Å². The van der Waals surface area contributed by atoms with Crippen LogP contribution in [0.5, 0.6) is 11.5 Å². The Labute approximate surface area is 143 Å². The number of thioether (sulfide) groups is 1. The summed E-state index contributed by atoms with van der Waals surface area (Å²) >= 11 is 0.912. The molecule has 0 bridgehead atoms. The van der Waals surface area contributed by atoms with Crippen molar-refractivity contribution in [1.82, 2.24) is 0 Å². The average molecular weight is 341 g/mol. The summed E-state index contributed by atoms with van der Waals surface area (Å²) in [6.07, 6.45) is 1.69. The van der Waals surface area contributed by atoms with Crippen molar-refractivity contribution < 1.29 is 19.1 Å². The minimum atomic E-state index is -0.356. The van der Waals surface area contributed by atoms with Gasteiger partial charge in [0.25, 0.3) is 11.1 Å². The SMILES string of the molecule is COc1ccc(C=C2SC(=O)N(c3ccccc3OC)C2=O)cc1. The number of amides is 2. The maximum absolute atomic E-state index is 12.6. The highest BCUT2D eigenvalue weighted by molar-refractivity contribution is 8.19. The zero-order valence-corrected chi connectivity index (χ0v) is 14.0. The highest BCUT2D eigenvalue weighted by Gasteiger charge is 2.37. The summed E-state index contributed by atoms with van der Waals surface area (Å²) in [6, 6.07) is 14.2. The Morgan fingerprint density at radius 1 is 0.958 bits per heavy atom. The van der Waals surface area contributed by atoms with Crippen molar-refractivity contribution >= 4 is 34.7 Å². The van der Waals surface area contributed by atoms with E-state index in [2.05, 4.69) is 0 Å². The molecule has 0 spiro atoms. The standard InChI is InChI=1S/C18H15NO4S/c1-22-13-9-7-12(8-10-13)11-16-17(20)19(18(21)24-16)14-5-3-4-6-15(14)23-2/h3-11H,1-2H3. The number of rotatable bonds is 4. The van der Waals surface area contributed by atoms with Crippen LogP contribution in [-0.4, -0.2) is 25.4 Å². The van der Waals surface area contributed by atoms with E-state index in [0.29, 0.717) is 16.3 Å². The fraction of sp³-hybridized carbons (Fsp3) is 0.111. The molecule has 2 aromatic rings. The Balaban J connectivity index is 1.92. The van der Waals surface area contributed by atoms with E-state index >= 15 is 0 Å². The highest BCUT2D eigenvalue weighted by Crippen LogP contribution is 2.39. The minimum absolute atomic E-state index is 0.343. The molecule has 0 N–H and O–H groups in total.